The van der Waals surface area contributed by atoms with E-state index in [9.17, 15) is 14.7 Å². The van der Waals surface area contributed by atoms with Crippen LogP contribution in [0.5, 0.6) is 0 Å². The summed E-state index contributed by atoms with van der Waals surface area (Å²) in [4.78, 5) is 26.3. The van der Waals surface area contributed by atoms with Gasteiger partial charge in [0.25, 0.3) is 0 Å². The van der Waals surface area contributed by atoms with Gasteiger partial charge in [-0.05, 0) is 18.2 Å². The summed E-state index contributed by atoms with van der Waals surface area (Å²) in [6.45, 7) is 0.0240. The first-order chi connectivity index (χ1) is 9.88. The minimum absolute atomic E-state index is 0.0240. The first-order valence-corrected chi connectivity index (χ1v) is 6.64. The fourth-order valence-electron chi connectivity index (χ4n) is 2.33. The monoisotopic (exact) mass is 293 g/mol. The third-order valence-corrected chi connectivity index (χ3v) is 3.44. The van der Waals surface area contributed by atoms with Crippen LogP contribution in [-0.2, 0) is 4.79 Å². The average Bonchev–Trinajstić information content (AvgIpc) is 2.81. The number of nitrogens with one attached hydrogen (secondary N) is 1. The van der Waals surface area contributed by atoms with E-state index in [2.05, 4.69) is 5.32 Å². The van der Waals surface area contributed by atoms with E-state index < -0.39 is 24.1 Å². The molecular formula is C14H19N3O4. The highest BCUT2D eigenvalue weighted by Gasteiger charge is 2.38. The highest BCUT2D eigenvalue weighted by Crippen LogP contribution is 2.21. The third kappa shape index (κ3) is 3.43. The van der Waals surface area contributed by atoms with Gasteiger partial charge < -0.3 is 25.3 Å². The molecule has 0 aromatic heterocycles. The molecule has 0 aliphatic carbocycles. The lowest BCUT2D eigenvalue weighted by atomic mass is 10.2. The number of carboxylic acids is 1. The summed E-state index contributed by atoms with van der Waals surface area (Å²) >= 11 is 0. The summed E-state index contributed by atoms with van der Waals surface area (Å²) in [5.74, 6) is -1.11. The van der Waals surface area contributed by atoms with Gasteiger partial charge in [0.05, 0.1) is 6.10 Å². The molecule has 0 bridgehead atoms. The van der Waals surface area contributed by atoms with Crippen molar-refractivity contribution >= 4 is 23.4 Å². The Labute approximate surface area is 122 Å². The molecule has 2 atom stereocenters. The Kier molecular flexibility index (Phi) is 4.32. The molecule has 21 heavy (non-hydrogen) atoms. The number of likely N-dealkylation sites (tertiary alicyclic amines) is 1. The van der Waals surface area contributed by atoms with Gasteiger partial charge in [0.15, 0.2) is 0 Å². The van der Waals surface area contributed by atoms with Crippen LogP contribution in [0.25, 0.3) is 0 Å². The van der Waals surface area contributed by atoms with Crippen molar-refractivity contribution in [2.75, 3.05) is 30.9 Å². The standard InChI is InChI=1S/C14H19N3O4/c1-16(2)10-5-3-4-9(6-10)15-14(21)17-8-11(18)7-12(17)13(19)20/h3-6,11-12,18H,7-8H2,1-2H3,(H,15,21)(H,19,20). The zero-order chi connectivity index (χ0) is 15.6. The molecule has 7 nitrogen and oxygen atoms in total. The summed E-state index contributed by atoms with van der Waals surface area (Å²) in [7, 11) is 3.77. The van der Waals surface area contributed by atoms with Crippen molar-refractivity contribution in [3.63, 3.8) is 0 Å². The maximum atomic E-state index is 12.2. The lowest BCUT2D eigenvalue weighted by molar-refractivity contribution is -0.141. The van der Waals surface area contributed by atoms with Gasteiger partial charge in [-0.3, -0.25) is 0 Å². The van der Waals surface area contributed by atoms with Crippen LogP contribution in [0.15, 0.2) is 24.3 Å². The molecule has 0 radical (unpaired) electrons. The number of carbonyl (C=O) groups excluding carboxylic acids is 1. The van der Waals surface area contributed by atoms with Gasteiger partial charge in [-0.25, -0.2) is 9.59 Å². The van der Waals surface area contributed by atoms with Crippen molar-refractivity contribution in [1.82, 2.24) is 4.90 Å². The molecule has 3 N–H and O–H groups in total. The number of aliphatic carboxylic acids is 1. The fourth-order valence-corrected chi connectivity index (χ4v) is 2.33. The highest BCUT2D eigenvalue weighted by molar-refractivity contribution is 5.93. The lowest BCUT2D eigenvalue weighted by Gasteiger charge is -2.22. The van der Waals surface area contributed by atoms with E-state index in [1.165, 1.54) is 0 Å². The maximum absolute atomic E-state index is 12.2. The molecule has 2 rings (SSSR count). The SMILES string of the molecule is CN(C)c1cccc(NC(=O)N2CC(O)CC2C(=O)O)c1. The average molecular weight is 293 g/mol. The van der Waals surface area contributed by atoms with Crippen molar-refractivity contribution in [3.8, 4) is 0 Å². The highest BCUT2D eigenvalue weighted by atomic mass is 16.4. The zero-order valence-corrected chi connectivity index (χ0v) is 12.0. The van der Waals surface area contributed by atoms with Gasteiger partial charge in [0, 0.05) is 38.4 Å². The maximum Gasteiger partial charge on any atom is 0.326 e. The molecule has 0 saturated carbocycles. The summed E-state index contributed by atoms with van der Waals surface area (Å²) in [6.07, 6.45) is -0.745. The molecule has 1 aromatic rings. The van der Waals surface area contributed by atoms with Crippen LogP contribution in [0.3, 0.4) is 0 Å². The van der Waals surface area contributed by atoms with Gasteiger partial charge in [0.2, 0.25) is 0 Å². The van der Waals surface area contributed by atoms with E-state index >= 15 is 0 Å². The van der Waals surface area contributed by atoms with Crippen LogP contribution in [-0.4, -0.2) is 59.9 Å². The van der Waals surface area contributed by atoms with E-state index in [4.69, 9.17) is 5.11 Å². The van der Waals surface area contributed by atoms with Gasteiger partial charge in [-0.1, -0.05) is 6.07 Å². The first kappa shape index (κ1) is 15.1. The summed E-state index contributed by atoms with van der Waals surface area (Å²) < 4.78 is 0. The molecule has 7 heteroatoms. The second-order valence-corrected chi connectivity index (χ2v) is 5.27. The molecule has 2 amide bonds. The number of carbonyl (C=O) groups is 2. The van der Waals surface area contributed by atoms with Crippen LogP contribution in [0.4, 0.5) is 16.2 Å². The number of rotatable bonds is 3. The zero-order valence-electron chi connectivity index (χ0n) is 12.0. The topological polar surface area (TPSA) is 93.1 Å². The minimum atomic E-state index is -1.11. The Hall–Kier alpha value is -2.28. The number of hydrogen-bond donors (Lipinski definition) is 3. The second kappa shape index (κ2) is 6.01. The Bertz CT molecular complexity index is 547. The number of amides is 2. The van der Waals surface area contributed by atoms with Crippen molar-refractivity contribution < 1.29 is 19.8 Å². The molecule has 1 heterocycles. The lowest BCUT2D eigenvalue weighted by Crippen LogP contribution is -2.43. The number of hydrogen-bond acceptors (Lipinski definition) is 4. The van der Waals surface area contributed by atoms with Crippen molar-refractivity contribution in [3.05, 3.63) is 24.3 Å². The van der Waals surface area contributed by atoms with E-state index in [1.54, 1.807) is 18.2 Å². The molecule has 2 unspecified atom stereocenters. The van der Waals surface area contributed by atoms with Gasteiger partial charge in [-0.2, -0.15) is 0 Å². The minimum Gasteiger partial charge on any atom is -0.480 e. The van der Waals surface area contributed by atoms with Gasteiger partial charge in [-0.15, -0.1) is 0 Å². The van der Waals surface area contributed by atoms with Crippen molar-refractivity contribution in [2.45, 2.75) is 18.6 Å². The largest absolute Gasteiger partial charge is 0.480 e. The number of carboxylic acid groups (broad SMARTS) is 1. The summed E-state index contributed by atoms with van der Waals surface area (Å²) in [5.41, 5.74) is 1.50. The Morgan fingerprint density at radius 2 is 2.10 bits per heavy atom. The molecule has 1 aromatic carbocycles. The molecule has 114 valence electrons. The first-order valence-electron chi connectivity index (χ1n) is 6.64. The van der Waals surface area contributed by atoms with Crippen LogP contribution in [0.1, 0.15) is 6.42 Å². The molecule has 1 fully saturated rings. The Morgan fingerprint density at radius 1 is 1.38 bits per heavy atom. The number of benzene rings is 1. The number of β-amino-alcohol motifs (C(OH)–C–C–N with tert-alkyl or cyclic N) is 1. The third-order valence-electron chi connectivity index (χ3n) is 3.44. The van der Waals surface area contributed by atoms with Crippen LogP contribution >= 0.6 is 0 Å². The summed E-state index contributed by atoms with van der Waals surface area (Å²) in [5, 5.41) is 21.3. The smallest absolute Gasteiger partial charge is 0.326 e. The Balaban J connectivity index is 2.10. The van der Waals surface area contributed by atoms with E-state index in [1.807, 2.05) is 25.1 Å². The predicted octanol–water partition coefficient (Wildman–Crippen LogP) is 0.804. The molecule has 0 spiro atoms. The van der Waals surface area contributed by atoms with Crippen molar-refractivity contribution in [1.29, 1.82) is 0 Å². The van der Waals surface area contributed by atoms with Crippen LogP contribution in [0, 0.1) is 0 Å². The molecular weight excluding hydrogens is 274 g/mol. The van der Waals surface area contributed by atoms with Crippen LogP contribution < -0.4 is 10.2 Å². The van der Waals surface area contributed by atoms with Crippen molar-refractivity contribution in [2.24, 2.45) is 0 Å². The number of anilines is 2. The van der Waals surface area contributed by atoms with E-state index in [0.29, 0.717) is 5.69 Å². The number of aliphatic hydroxyl groups excluding tert-OH is 1. The molecule has 1 saturated heterocycles. The van der Waals surface area contributed by atoms with Gasteiger partial charge in [0.1, 0.15) is 6.04 Å². The number of urea groups is 1. The van der Waals surface area contributed by atoms with Crippen LogP contribution in [0.2, 0.25) is 0 Å². The number of aliphatic hydroxyl groups is 1. The molecule has 1 aliphatic heterocycles. The quantitative estimate of drug-likeness (QED) is 0.766. The second-order valence-electron chi connectivity index (χ2n) is 5.27. The summed E-state index contributed by atoms with van der Waals surface area (Å²) in [6, 6.07) is 5.72. The molecule has 1 aliphatic rings. The van der Waals surface area contributed by atoms with Gasteiger partial charge >= 0.3 is 12.0 Å². The normalized spacial score (nSPS) is 21.2. The Morgan fingerprint density at radius 3 is 2.71 bits per heavy atom. The fraction of sp³-hybridized carbons (Fsp3) is 0.429. The van der Waals surface area contributed by atoms with E-state index in [0.717, 1.165) is 10.6 Å². The predicted molar refractivity (Wildman–Crippen MR) is 78.5 cm³/mol. The van der Waals surface area contributed by atoms with E-state index in [-0.39, 0.29) is 13.0 Å². The number of nitrogens with zero attached hydrogens (tertiary/aromatic N) is 2.